The van der Waals surface area contributed by atoms with Crippen LogP contribution in [0.1, 0.15) is 84.0 Å². The van der Waals surface area contributed by atoms with Gasteiger partial charge in [0.15, 0.2) is 0 Å². The molecule has 2 nitrogen and oxygen atoms in total. The SMILES string of the molecule is C=CC1CCC(CCC2CCC(CCCCC)OC2=O)CC1. The second-order valence-corrected chi connectivity index (χ2v) is 7.42. The first-order valence-electron chi connectivity index (χ1n) is 9.56. The average molecular weight is 306 g/mol. The smallest absolute Gasteiger partial charge is 0.309 e. The summed E-state index contributed by atoms with van der Waals surface area (Å²) in [6, 6.07) is 0. The molecule has 0 amide bonds. The van der Waals surface area contributed by atoms with Gasteiger partial charge in [0, 0.05) is 0 Å². The van der Waals surface area contributed by atoms with Gasteiger partial charge in [-0.2, -0.15) is 0 Å². The molecular weight excluding hydrogens is 272 g/mol. The summed E-state index contributed by atoms with van der Waals surface area (Å²) in [6.45, 7) is 6.12. The number of hydrogen-bond donors (Lipinski definition) is 0. The van der Waals surface area contributed by atoms with Gasteiger partial charge in [0.2, 0.25) is 0 Å². The summed E-state index contributed by atoms with van der Waals surface area (Å²) in [7, 11) is 0. The van der Waals surface area contributed by atoms with E-state index in [1.165, 1.54) is 51.4 Å². The zero-order valence-electron chi connectivity index (χ0n) is 14.4. The molecule has 1 heterocycles. The van der Waals surface area contributed by atoms with E-state index in [0.717, 1.165) is 37.5 Å². The van der Waals surface area contributed by atoms with Crippen molar-refractivity contribution in [3.63, 3.8) is 0 Å². The second-order valence-electron chi connectivity index (χ2n) is 7.42. The van der Waals surface area contributed by atoms with Crippen molar-refractivity contribution in [2.75, 3.05) is 0 Å². The molecule has 0 aromatic rings. The molecule has 2 aliphatic rings. The van der Waals surface area contributed by atoms with Crippen molar-refractivity contribution in [3.8, 4) is 0 Å². The molecule has 2 heteroatoms. The maximum absolute atomic E-state index is 12.2. The molecule has 2 atom stereocenters. The zero-order valence-corrected chi connectivity index (χ0v) is 14.4. The number of cyclic esters (lactones) is 1. The Kier molecular flexibility index (Phi) is 7.48. The van der Waals surface area contributed by atoms with Crippen LogP contribution in [-0.4, -0.2) is 12.1 Å². The molecule has 1 aliphatic heterocycles. The van der Waals surface area contributed by atoms with E-state index in [1.54, 1.807) is 0 Å². The van der Waals surface area contributed by atoms with Gasteiger partial charge in [0.1, 0.15) is 6.10 Å². The minimum atomic E-state index is 0.0903. The van der Waals surface area contributed by atoms with E-state index >= 15 is 0 Å². The highest BCUT2D eigenvalue weighted by Crippen LogP contribution is 2.34. The number of carbonyl (C=O) groups is 1. The molecule has 22 heavy (non-hydrogen) atoms. The highest BCUT2D eigenvalue weighted by Gasteiger charge is 2.30. The van der Waals surface area contributed by atoms with E-state index in [1.807, 2.05) is 0 Å². The fourth-order valence-electron chi connectivity index (χ4n) is 4.06. The lowest BCUT2D eigenvalue weighted by Gasteiger charge is -2.31. The highest BCUT2D eigenvalue weighted by molar-refractivity contribution is 5.73. The fourth-order valence-corrected chi connectivity index (χ4v) is 4.06. The summed E-state index contributed by atoms with van der Waals surface area (Å²) in [5, 5.41) is 0. The molecule has 2 rings (SSSR count). The Hall–Kier alpha value is -0.790. The lowest BCUT2D eigenvalue weighted by molar-refractivity contribution is -0.161. The van der Waals surface area contributed by atoms with Gasteiger partial charge in [0.05, 0.1) is 5.92 Å². The fraction of sp³-hybridized carbons (Fsp3) is 0.850. The Morgan fingerprint density at radius 1 is 1.05 bits per heavy atom. The molecule has 0 bridgehead atoms. The van der Waals surface area contributed by atoms with Crippen molar-refractivity contribution in [1.29, 1.82) is 0 Å². The van der Waals surface area contributed by atoms with Crippen LogP contribution >= 0.6 is 0 Å². The Bertz CT molecular complexity index is 342. The third-order valence-electron chi connectivity index (χ3n) is 5.73. The molecule has 0 N–H and O–H groups in total. The molecule has 2 fully saturated rings. The van der Waals surface area contributed by atoms with Crippen molar-refractivity contribution in [2.24, 2.45) is 17.8 Å². The molecule has 0 aromatic carbocycles. The lowest BCUT2D eigenvalue weighted by Crippen LogP contribution is -2.31. The van der Waals surface area contributed by atoms with E-state index in [4.69, 9.17) is 4.74 Å². The number of unbranched alkanes of at least 4 members (excludes halogenated alkanes) is 2. The number of rotatable bonds is 8. The molecule has 1 saturated heterocycles. The summed E-state index contributed by atoms with van der Waals surface area (Å²) in [4.78, 5) is 12.2. The van der Waals surface area contributed by atoms with Crippen molar-refractivity contribution in [2.45, 2.75) is 90.1 Å². The third kappa shape index (κ3) is 5.44. The quantitative estimate of drug-likeness (QED) is 0.328. The minimum Gasteiger partial charge on any atom is -0.462 e. The molecule has 1 saturated carbocycles. The van der Waals surface area contributed by atoms with Gasteiger partial charge in [0.25, 0.3) is 0 Å². The monoisotopic (exact) mass is 306 g/mol. The van der Waals surface area contributed by atoms with Gasteiger partial charge in [-0.25, -0.2) is 0 Å². The second kappa shape index (κ2) is 9.37. The van der Waals surface area contributed by atoms with Gasteiger partial charge in [-0.05, 0) is 76.0 Å². The van der Waals surface area contributed by atoms with E-state index in [0.29, 0.717) is 0 Å². The summed E-state index contributed by atoms with van der Waals surface area (Å²) < 4.78 is 5.67. The molecule has 0 aromatic heterocycles. The summed E-state index contributed by atoms with van der Waals surface area (Å²) in [5.41, 5.74) is 0. The molecule has 1 aliphatic carbocycles. The van der Waals surface area contributed by atoms with E-state index in [-0.39, 0.29) is 18.0 Å². The summed E-state index contributed by atoms with van der Waals surface area (Å²) in [6.07, 6.45) is 16.7. The van der Waals surface area contributed by atoms with E-state index in [2.05, 4.69) is 19.6 Å². The first-order valence-corrected chi connectivity index (χ1v) is 9.56. The average Bonchev–Trinajstić information content (AvgIpc) is 2.55. The van der Waals surface area contributed by atoms with Crippen LogP contribution in [0, 0.1) is 17.8 Å². The van der Waals surface area contributed by atoms with E-state index in [9.17, 15) is 4.79 Å². The van der Waals surface area contributed by atoms with Crippen LogP contribution < -0.4 is 0 Å². The molecule has 2 unspecified atom stereocenters. The minimum absolute atomic E-state index is 0.0903. The first kappa shape index (κ1) is 17.6. The number of esters is 1. The molecule has 0 radical (unpaired) electrons. The standard InChI is InChI=1S/C20H34O2/c1-3-5-6-7-19-15-14-18(20(21)22-19)13-12-17-10-8-16(4-2)9-11-17/h4,16-19H,2-3,5-15H2,1H3. The third-order valence-corrected chi connectivity index (χ3v) is 5.73. The summed E-state index contributed by atoms with van der Waals surface area (Å²) in [5.74, 6) is 1.83. The van der Waals surface area contributed by atoms with Crippen LogP contribution in [0.2, 0.25) is 0 Å². The van der Waals surface area contributed by atoms with Gasteiger partial charge in [-0.15, -0.1) is 6.58 Å². The zero-order chi connectivity index (χ0) is 15.8. The summed E-state index contributed by atoms with van der Waals surface area (Å²) >= 11 is 0. The van der Waals surface area contributed by atoms with Crippen LogP contribution in [0.4, 0.5) is 0 Å². The van der Waals surface area contributed by atoms with Crippen LogP contribution in [0.15, 0.2) is 12.7 Å². The molecule has 126 valence electrons. The van der Waals surface area contributed by atoms with Gasteiger partial charge in [-0.3, -0.25) is 4.79 Å². The Balaban J connectivity index is 1.63. The number of ether oxygens (including phenoxy) is 1. The van der Waals surface area contributed by atoms with Crippen LogP contribution in [0.5, 0.6) is 0 Å². The van der Waals surface area contributed by atoms with Crippen molar-refractivity contribution >= 4 is 5.97 Å². The normalized spacial score (nSPS) is 32.5. The van der Waals surface area contributed by atoms with Gasteiger partial charge >= 0.3 is 5.97 Å². The lowest BCUT2D eigenvalue weighted by atomic mass is 9.78. The number of allylic oxidation sites excluding steroid dienone is 1. The number of hydrogen-bond acceptors (Lipinski definition) is 2. The van der Waals surface area contributed by atoms with Crippen molar-refractivity contribution in [1.82, 2.24) is 0 Å². The van der Waals surface area contributed by atoms with Gasteiger partial charge < -0.3 is 4.74 Å². The van der Waals surface area contributed by atoms with Crippen LogP contribution in [0.3, 0.4) is 0 Å². The Morgan fingerprint density at radius 2 is 1.82 bits per heavy atom. The van der Waals surface area contributed by atoms with Crippen molar-refractivity contribution in [3.05, 3.63) is 12.7 Å². The van der Waals surface area contributed by atoms with Crippen molar-refractivity contribution < 1.29 is 9.53 Å². The molecule has 0 spiro atoms. The predicted octanol–water partition coefficient (Wildman–Crippen LogP) is 5.66. The van der Waals surface area contributed by atoms with Crippen LogP contribution in [0.25, 0.3) is 0 Å². The predicted molar refractivity (Wildman–Crippen MR) is 91.6 cm³/mol. The topological polar surface area (TPSA) is 26.3 Å². The highest BCUT2D eigenvalue weighted by atomic mass is 16.5. The largest absolute Gasteiger partial charge is 0.462 e. The Morgan fingerprint density at radius 3 is 2.45 bits per heavy atom. The number of carbonyl (C=O) groups excluding carboxylic acids is 1. The Labute approximate surface area is 136 Å². The van der Waals surface area contributed by atoms with Crippen LogP contribution in [-0.2, 0) is 9.53 Å². The first-order chi connectivity index (χ1) is 10.7. The van der Waals surface area contributed by atoms with E-state index < -0.39 is 0 Å². The van der Waals surface area contributed by atoms with Gasteiger partial charge in [-0.1, -0.05) is 25.8 Å². The maximum Gasteiger partial charge on any atom is 0.309 e. The maximum atomic E-state index is 12.2. The molecular formula is C20H34O2.